The molecule has 1 fully saturated rings. The zero-order chi connectivity index (χ0) is 22.3. The van der Waals surface area contributed by atoms with Crippen LogP contribution in [0.5, 0.6) is 5.88 Å². The van der Waals surface area contributed by atoms with E-state index in [0.29, 0.717) is 27.5 Å². The quantitative estimate of drug-likeness (QED) is 0.578. The van der Waals surface area contributed by atoms with Gasteiger partial charge < -0.3 is 10.1 Å². The van der Waals surface area contributed by atoms with Crippen LogP contribution in [-0.4, -0.2) is 34.4 Å². The number of nitrogens with one attached hydrogen (secondary N) is 1. The summed E-state index contributed by atoms with van der Waals surface area (Å²) in [5.74, 6) is -1.10. The van der Waals surface area contributed by atoms with Crippen LogP contribution >= 0.6 is 0 Å². The third-order valence-corrected chi connectivity index (χ3v) is 5.21. The van der Waals surface area contributed by atoms with Gasteiger partial charge in [0.05, 0.1) is 6.20 Å². The fourth-order valence-electron chi connectivity index (χ4n) is 3.16. The van der Waals surface area contributed by atoms with Crippen LogP contribution < -0.4 is 10.1 Å². The van der Waals surface area contributed by atoms with Gasteiger partial charge in [0, 0.05) is 22.4 Å². The van der Waals surface area contributed by atoms with Crippen molar-refractivity contribution in [3.8, 4) is 17.0 Å². The number of halogens is 4. The minimum atomic E-state index is -4.54. The highest BCUT2D eigenvalue weighted by atomic mass is 19.4. The summed E-state index contributed by atoms with van der Waals surface area (Å²) in [6, 6.07) is 7.77. The topological polar surface area (TPSA) is 64.1 Å². The molecule has 1 heterocycles. The number of hydrogen-bond donors (Lipinski definition) is 1. The number of hydrogen-bond acceptors (Lipinski definition) is 4. The van der Waals surface area contributed by atoms with Crippen molar-refractivity contribution in [3.05, 3.63) is 53.5 Å². The summed E-state index contributed by atoms with van der Waals surface area (Å²) in [6.45, 7) is 2.49. The first kappa shape index (κ1) is 21.0. The third-order valence-electron chi connectivity index (χ3n) is 5.21. The van der Waals surface area contributed by atoms with Crippen molar-refractivity contribution in [2.75, 3.05) is 0 Å². The van der Waals surface area contributed by atoms with Crippen molar-refractivity contribution < 1.29 is 27.1 Å². The van der Waals surface area contributed by atoms with Crippen LogP contribution in [0.25, 0.3) is 21.9 Å². The molecule has 1 atom stereocenters. The van der Waals surface area contributed by atoms with Crippen LogP contribution in [0.1, 0.15) is 35.7 Å². The van der Waals surface area contributed by atoms with Gasteiger partial charge in [-0.25, -0.2) is 4.39 Å². The van der Waals surface area contributed by atoms with Crippen LogP contribution in [0, 0.1) is 12.7 Å². The zero-order valence-electron chi connectivity index (χ0n) is 16.8. The predicted molar refractivity (Wildman–Crippen MR) is 106 cm³/mol. The van der Waals surface area contributed by atoms with Gasteiger partial charge >= 0.3 is 6.18 Å². The molecular formula is C22H19F4N3O2. The highest BCUT2D eigenvalue weighted by Gasteiger charge is 2.38. The molecule has 162 valence electrons. The summed E-state index contributed by atoms with van der Waals surface area (Å²) in [4.78, 5) is 12.4. The van der Waals surface area contributed by atoms with Crippen molar-refractivity contribution in [2.45, 2.75) is 45.0 Å². The number of amides is 1. The largest absolute Gasteiger partial charge is 0.463 e. The smallest absolute Gasteiger partial charge is 0.425 e. The van der Waals surface area contributed by atoms with Gasteiger partial charge in [-0.1, -0.05) is 6.07 Å². The number of rotatable bonds is 5. The summed E-state index contributed by atoms with van der Waals surface area (Å²) in [5, 5.41) is 11.1. The maximum atomic E-state index is 14.5. The van der Waals surface area contributed by atoms with Crippen LogP contribution in [-0.2, 0) is 0 Å². The molecule has 0 spiro atoms. The van der Waals surface area contributed by atoms with Crippen molar-refractivity contribution in [1.29, 1.82) is 0 Å². The highest BCUT2D eigenvalue weighted by Crippen LogP contribution is 2.33. The second kappa shape index (κ2) is 7.79. The van der Waals surface area contributed by atoms with Crippen molar-refractivity contribution in [2.24, 2.45) is 0 Å². The number of fused-ring (bicyclic) bond motifs is 1. The fourth-order valence-corrected chi connectivity index (χ4v) is 3.16. The highest BCUT2D eigenvalue weighted by molar-refractivity contribution is 5.97. The number of ether oxygens (including phenoxy) is 1. The Morgan fingerprint density at radius 2 is 1.97 bits per heavy atom. The molecule has 5 nitrogen and oxygen atoms in total. The van der Waals surface area contributed by atoms with Gasteiger partial charge in [-0.15, -0.1) is 5.10 Å². The van der Waals surface area contributed by atoms with E-state index in [4.69, 9.17) is 4.74 Å². The van der Waals surface area contributed by atoms with E-state index < -0.39 is 18.1 Å². The first-order chi connectivity index (χ1) is 14.6. The molecule has 9 heteroatoms. The average Bonchev–Trinajstić information content (AvgIpc) is 3.53. The van der Waals surface area contributed by atoms with Crippen LogP contribution in [0.15, 0.2) is 36.5 Å². The maximum Gasteiger partial charge on any atom is 0.425 e. The average molecular weight is 433 g/mol. The molecular weight excluding hydrogens is 414 g/mol. The van der Waals surface area contributed by atoms with E-state index >= 15 is 0 Å². The normalized spacial score (nSPS) is 15.0. The number of alkyl halides is 3. The van der Waals surface area contributed by atoms with Gasteiger partial charge in [0.25, 0.3) is 5.91 Å². The first-order valence-corrected chi connectivity index (χ1v) is 9.73. The van der Waals surface area contributed by atoms with Gasteiger partial charge in [-0.05, 0) is 67.6 Å². The fraction of sp³-hybridized carbons (Fsp3) is 0.318. The Hall–Kier alpha value is -3.23. The Morgan fingerprint density at radius 3 is 2.65 bits per heavy atom. The molecule has 31 heavy (non-hydrogen) atoms. The van der Waals surface area contributed by atoms with Gasteiger partial charge in [0.2, 0.25) is 5.88 Å². The third kappa shape index (κ3) is 4.45. The van der Waals surface area contributed by atoms with Crippen LogP contribution in [0.3, 0.4) is 0 Å². The molecule has 4 rings (SSSR count). The first-order valence-electron chi connectivity index (χ1n) is 9.73. The van der Waals surface area contributed by atoms with Gasteiger partial charge in [0.1, 0.15) is 5.82 Å². The minimum absolute atomic E-state index is 0.136. The van der Waals surface area contributed by atoms with E-state index in [1.807, 2.05) is 0 Å². The Labute approximate surface area is 175 Å². The molecule has 0 bridgehead atoms. The van der Waals surface area contributed by atoms with Crippen LogP contribution in [0.2, 0.25) is 0 Å². The van der Waals surface area contributed by atoms with E-state index in [1.165, 1.54) is 12.3 Å². The summed E-state index contributed by atoms with van der Waals surface area (Å²) < 4.78 is 58.0. The van der Waals surface area contributed by atoms with E-state index in [0.717, 1.165) is 19.8 Å². The second-order valence-electron chi connectivity index (χ2n) is 7.63. The lowest BCUT2D eigenvalue weighted by Gasteiger charge is -2.17. The number of nitrogens with zero attached hydrogens (tertiary/aromatic N) is 2. The molecule has 1 aromatic heterocycles. The molecule has 0 unspecified atom stereocenters. The Bertz CT molecular complexity index is 1160. The monoisotopic (exact) mass is 433 g/mol. The molecule has 2 aromatic carbocycles. The Kier molecular flexibility index (Phi) is 5.28. The molecule has 1 amide bonds. The number of carbonyl (C=O) groups excluding carboxylic acids is 1. The number of benzene rings is 2. The van der Waals surface area contributed by atoms with E-state index in [-0.39, 0.29) is 23.4 Å². The number of carbonyl (C=O) groups is 1. The van der Waals surface area contributed by atoms with Gasteiger partial charge in [0.15, 0.2) is 6.10 Å². The van der Waals surface area contributed by atoms with Crippen molar-refractivity contribution >= 4 is 16.7 Å². The van der Waals surface area contributed by atoms with Crippen LogP contribution in [0.4, 0.5) is 17.6 Å². The lowest BCUT2D eigenvalue weighted by atomic mass is 9.96. The standard InChI is InChI=1S/C22H19F4N3O2/c1-11-18(8-14(9-19(11)23)20(30)28-16-4-5-16)13-3-6-17-15(7-13)10-27-29-21(17)31-12(2)22(24,25)26/h3,6-10,12,16H,4-5H2,1-2H3,(H,28,30)/t12-/m1/s1. The summed E-state index contributed by atoms with van der Waals surface area (Å²) in [6.07, 6.45) is -3.38. The molecule has 3 aromatic rings. The van der Waals surface area contributed by atoms with E-state index in [9.17, 15) is 22.4 Å². The Balaban J connectivity index is 1.72. The van der Waals surface area contributed by atoms with E-state index in [2.05, 4.69) is 15.5 Å². The molecule has 0 aliphatic heterocycles. The maximum absolute atomic E-state index is 14.5. The lowest BCUT2D eigenvalue weighted by molar-refractivity contribution is -0.189. The Morgan fingerprint density at radius 1 is 1.23 bits per heavy atom. The molecule has 1 saturated carbocycles. The van der Waals surface area contributed by atoms with E-state index in [1.54, 1.807) is 31.2 Å². The van der Waals surface area contributed by atoms with Gasteiger partial charge in [-0.2, -0.15) is 18.3 Å². The van der Waals surface area contributed by atoms with Crippen molar-refractivity contribution in [3.63, 3.8) is 0 Å². The lowest BCUT2D eigenvalue weighted by Crippen LogP contribution is -2.31. The molecule has 1 aliphatic rings. The predicted octanol–water partition coefficient (Wildman–Crippen LogP) is 4.97. The SMILES string of the molecule is Cc1c(F)cc(C(=O)NC2CC2)cc1-c1ccc2c(O[C@H](C)C(F)(F)F)nncc2c1. The molecule has 1 aliphatic carbocycles. The minimum Gasteiger partial charge on any atom is -0.463 e. The second-order valence-corrected chi connectivity index (χ2v) is 7.63. The molecule has 0 saturated heterocycles. The molecule has 1 N–H and O–H groups in total. The molecule has 0 radical (unpaired) electrons. The summed E-state index contributed by atoms with van der Waals surface area (Å²) in [5.41, 5.74) is 1.66. The van der Waals surface area contributed by atoms with Crippen molar-refractivity contribution in [1.82, 2.24) is 15.5 Å². The summed E-state index contributed by atoms with van der Waals surface area (Å²) in [7, 11) is 0. The van der Waals surface area contributed by atoms with Gasteiger partial charge in [-0.3, -0.25) is 4.79 Å². The zero-order valence-corrected chi connectivity index (χ0v) is 16.8. The number of aromatic nitrogens is 2. The summed E-state index contributed by atoms with van der Waals surface area (Å²) >= 11 is 0.